The van der Waals surface area contributed by atoms with E-state index in [1.807, 2.05) is 23.2 Å². The topological polar surface area (TPSA) is 66.2 Å². The van der Waals surface area contributed by atoms with Crippen molar-refractivity contribution in [2.24, 2.45) is 16.9 Å². The fourth-order valence-electron chi connectivity index (χ4n) is 6.53. The van der Waals surface area contributed by atoms with Crippen LogP contribution in [0.5, 0.6) is 0 Å². The number of fused-ring (bicyclic) bond motifs is 1. The molecule has 6 rings (SSSR count). The Labute approximate surface area is 210 Å². The van der Waals surface area contributed by atoms with Crippen LogP contribution in [0, 0.1) is 11.8 Å². The summed E-state index contributed by atoms with van der Waals surface area (Å²) in [7, 11) is 1.89. The first-order valence-corrected chi connectivity index (χ1v) is 13.1. The molecule has 5 heterocycles. The van der Waals surface area contributed by atoms with Crippen LogP contribution in [-0.2, 0) is 22.5 Å². The van der Waals surface area contributed by atoms with Crippen LogP contribution < -0.4 is 4.90 Å². The minimum absolute atomic E-state index is 0.00173. The number of carbonyl (C=O) groups is 1. The molecule has 0 aromatic carbocycles. The molecule has 0 bridgehead atoms. The number of alkyl halides is 2. The normalized spacial score (nSPS) is 28.2. The molecule has 1 fully saturated rings. The number of aromatic nitrogens is 2. The Balaban J connectivity index is 1.40. The van der Waals surface area contributed by atoms with Gasteiger partial charge in [-0.05, 0) is 43.3 Å². The molecule has 3 unspecified atom stereocenters. The van der Waals surface area contributed by atoms with E-state index >= 15 is 0 Å². The third-order valence-electron chi connectivity index (χ3n) is 8.43. The molecule has 0 spiro atoms. The average Bonchev–Trinajstić information content (AvgIpc) is 3.62. The Morgan fingerprint density at radius 2 is 2.11 bits per heavy atom. The molecule has 194 valence electrons. The van der Waals surface area contributed by atoms with Crippen LogP contribution in [0.25, 0.3) is 0 Å². The van der Waals surface area contributed by atoms with Crippen molar-refractivity contribution in [1.29, 1.82) is 0 Å². The number of hydrazone groups is 1. The van der Waals surface area contributed by atoms with Crippen LogP contribution >= 0.6 is 0 Å². The molecule has 1 saturated heterocycles. The predicted molar refractivity (Wildman–Crippen MR) is 132 cm³/mol. The van der Waals surface area contributed by atoms with Crippen LogP contribution in [0.3, 0.4) is 0 Å². The molecule has 3 atom stereocenters. The van der Waals surface area contributed by atoms with E-state index in [1.54, 1.807) is 13.0 Å². The van der Waals surface area contributed by atoms with Crippen LogP contribution in [0.2, 0.25) is 0 Å². The molecule has 0 radical (unpaired) electrons. The fourth-order valence-corrected chi connectivity index (χ4v) is 6.53. The second-order valence-electron chi connectivity index (χ2n) is 10.7. The van der Waals surface area contributed by atoms with Gasteiger partial charge in [-0.3, -0.25) is 14.5 Å². The maximum absolute atomic E-state index is 14.4. The third kappa shape index (κ3) is 4.03. The van der Waals surface area contributed by atoms with Crippen molar-refractivity contribution in [3.05, 3.63) is 34.2 Å². The zero-order chi connectivity index (χ0) is 25.0. The van der Waals surface area contributed by atoms with Crippen molar-refractivity contribution in [1.82, 2.24) is 19.7 Å². The molecule has 10 heteroatoms. The van der Waals surface area contributed by atoms with Crippen LogP contribution in [0.15, 0.2) is 28.0 Å². The first-order valence-electron chi connectivity index (χ1n) is 13.1. The van der Waals surface area contributed by atoms with E-state index in [1.165, 1.54) is 5.57 Å². The van der Waals surface area contributed by atoms with Gasteiger partial charge in [-0.2, -0.15) is 10.2 Å². The number of rotatable bonds is 4. The van der Waals surface area contributed by atoms with Crippen LogP contribution in [0.1, 0.15) is 49.9 Å². The summed E-state index contributed by atoms with van der Waals surface area (Å²) in [6.45, 7) is 5.53. The van der Waals surface area contributed by atoms with Crippen molar-refractivity contribution in [2.45, 2.75) is 58.0 Å². The zero-order valence-corrected chi connectivity index (χ0v) is 21.0. The number of halogens is 2. The molecule has 0 saturated carbocycles. The summed E-state index contributed by atoms with van der Waals surface area (Å²) in [5, 5.41) is 11.3. The first kappa shape index (κ1) is 23.6. The van der Waals surface area contributed by atoms with Gasteiger partial charge in [0, 0.05) is 81.3 Å². The molecule has 1 aromatic heterocycles. The highest BCUT2D eigenvalue weighted by Crippen LogP contribution is 2.44. The van der Waals surface area contributed by atoms with Crippen molar-refractivity contribution in [3.8, 4) is 0 Å². The van der Waals surface area contributed by atoms with Gasteiger partial charge in [0.2, 0.25) is 5.91 Å². The summed E-state index contributed by atoms with van der Waals surface area (Å²) in [5.41, 5.74) is 4.52. The lowest BCUT2D eigenvalue weighted by Crippen LogP contribution is -2.37. The molecule has 1 aliphatic carbocycles. The van der Waals surface area contributed by atoms with E-state index in [9.17, 15) is 13.6 Å². The summed E-state index contributed by atoms with van der Waals surface area (Å²) < 4.78 is 36.5. The smallest absolute Gasteiger partial charge is 0.260 e. The maximum atomic E-state index is 14.4. The quantitative estimate of drug-likeness (QED) is 0.635. The van der Waals surface area contributed by atoms with Gasteiger partial charge in [-0.15, -0.1) is 0 Å². The van der Waals surface area contributed by atoms with Crippen molar-refractivity contribution in [2.75, 3.05) is 44.8 Å². The van der Waals surface area contributed by atoms with Crippen molar-refractivity contribution in [3.63, 3.8) is 0 Å². The summed E-state index contributed by atoms with van der Waals surface area (Å²) in [5.74, 6) is 0.636. The lowest BCUT2D eigenvalue weighted by molar-refractivity contribution is -0.129. The Bertz CT molecular complexity index is 1140. The highest BCUT2D eigenvalue weighted by atomic mass is 19.3. The largest absolute Gasteiger partial charge is 0.379 e. The molecule has 8 nitrogen and oxygen atoms in total. The molecular weight excluding hydrogens is 466 g/mol. The molecule has 5 aliphatic rings. The summed E-state index contributed by atoms with van der Waals surface area (Å²) in [4.78, 5) is 16.2. The number of amides is 1. The van der Waals surface area contributed by atoms with E-state index in [2.05, 4.69) is 14.7 Å². The standard InChI is InChI=1S/C26H34F2N6O2/c1-16(35)32-8-5-23-22(14-32)26(30-34(23)19-6-9-36-15-19)33-7-3-4-17-10-20(18-12-29-31(2)13-18)21(25(27)28)11-24(17)33/h11-12,18-20,25H,3-10,13-15H2,1-2H3. The molecular formula is C26H34F2N6O2. The molecule has 36 heavy (non-hydrogen) atoms. The first-order chi connectivity index (χ1) is 17.4. The van der Waals surface area contributed by atoms with E-state index < -0.39 is 6.43 Å². The summed E-state index contributed by atoms with van der Waals surface area (Å²) in [6, 6.07) is 0.177. The molecule has 1 aromatic rings. The number of allylic oxidation sites excluding steroid dienone is 3. The van der Waals surface area contributed by atoms with E-state index in [0.717, 1.165) is 61.6 Å². The summed E-state index contributed by atoms with van der Waals surface area (Å²) in [6.07, 6.45) is 5.22. The number of nitrogens with zero attached hydrogens (tertiary/aromatic N) is 6. The van der Waals surface area contributed by atoms with Gasteiger partial charge >= 0.3 is 0 Å². The Kier molecular flexibility index (Phi) is 6.09. The number of hydrogen-bond acceptors (Lipinski definition) is 6. The second-order valence-corrected chi connectivity index (χ2v) is 10.7. The molecule has 4 aliphatic heterocycles. The van der Waals surface area contributed by atoms with Crippen LogP contribution in [-0.4, -0.2) is 78.1 Å². The number of anilines is 1. The Morgan fingerprint density at radius 3 is 2.81 bits per heavy atom. The third-order valence-corrected chi connectivity index (χ3v) is 8.43. The van der Waals surface area contributed by atoms with Crippen molar-refractivity contribution < 1.29 is 18.3 Å². The maximum Gasteiger partial charge on any atom is 0.260 e. The fraction of sp³-hybridized carbons (Fsp3) is 0.654. The number of ether oxygens (including phenoxy) is 1. The Morgan fingerprint density at radius 1 is 1.25 bits per heavy atom. The van der Waals surface area contributed by atoms with Gasteiger partial charge in [-0.25, -0.2) is 8.78 Å². The lowest BCUT2D eigenvalue weighted by Gasteiger charge is -2.38. The van der Waals surface area contributed by atoms with Crippen molar-refractivity contribution >= 4 is 17.9 Å². The molecule has 0 N–H and O–H groups in total. The SMILES string of the molecule is CC(=O)N1CCc2c(c(N3CCCC4=C3C=C(C(F)F)C(C3C=NN(C)C3)C4)nn2C2CCOC2)C1. The van der Waals surface area contributed by atoms with Gasteiger partial charge in [0.25, 0.3) is 6.43 Å². The molecule has 1 amide bonds. The van der Waals surface area contributed by atoms with E-state index in [0.29, 0.717) is 32.7 Å². The Hall–Kier alpha value is -2.75. The zero-order valence-electron chi connectivity index (χ0n) is 21.0. The van der Waals surface area contributed by atoms with Gasteiger partial charge < -0.3 is 14.5 Å². The van der Waals surface area contributed by atoms with Gasteiger partial charge in [0.15, 0.2) is 5.82 Å². The highest BCUT2D eigenvalue weighted by molar-refractivity contribution is 5.74. The minimum atomic E-state index is -2.51. The van der Waals surface area contributed by atoms with E-state index in [4.69, 9.17) is 9.84 Å². The highest BCUT2D eigenvalue weighted by Gasteiger charge is 2.39. The predicted octanol–water partition coefficient (Wildman–Crippen LogP) is 3.36. The van der Waals surface area contributed by atoms with Gasteiger partial charge in [0.05, 0.1) is 19.2 Å². The monoisotopic (exact) mass is 500 g/mol. The number of carbonyl (C=O) groups excluding carboxylic acids is 1. The van der Waals surface area contributed by atoms with Gasteiger partial charge in [0.1, 0.15) is 0 Å². The van der Waals surface area contributed by atoms with Gasteiger partial charge in [-0.1, -0.05) is 0 Å². The second kappa shape index (κ2) is 9.28. The van der Waals surface area contributed by atoms with E-state index in [-0.39, 0.29) is 29.4 Å². The number of hydrogen-bond donors (Lipinski definition) is 0. The lowest BCUT2D eigenvalue weighted by atomic mass is 9.76. The van der Waals surface area contributed by atoms with Crippen LogP contribution in [0.4, 0.5) is 14.6 Å². The summed E-state index contributed by atoms with van der Waals surface area (Å²) >= 11 is 0. The minimum Gasteiger partial charge on any atom is -0.379 e. The average molecular weight is 501 g/mol.